The van der Waals surface area contributed by atoms with E-state index in [1.54, 1.807) is 36.3 Å². The average molecular weight is 398 g/mol. The van der Waals surface area contributed by atoms with Crippen LogP contribution in [0.5, 0.6) is 5.75 Å². The first-order valence-corrected chi connectivity index (χ1v) is 9.64. The van der Waals surface area contributed by atoms with Crippen LogP contribution in [-0.2, 0) is 9.59 Å². The van der Waals surface area contributed by atoms with Crippen LogP contribution in [0.2, 0.25) is 0 Å². The third-order valence-electron chi connectivity index (χ3n) is 5.21. The lowest BCUT2D eigenvalue weighted by Gasteiger charge is -2.21. The molecule has 5 heteroatoms. The van der Waals surface area contributed by atoms with Crippen molar-refractivity contribution < 1.29 is 14.3 Å². The Morgan fingerprint density at radius 3 is 2.03 bits per heavy atom. The molecule has 0 bridgehead atoms. The van der Waals surface area contributed by atoms with E-state index in [0.29, 0.717) is 28.3 Å². The van der Waals surface area contributed by atoms with Crippen molar-refractivity contribution in [3.05, 3.63) is 95.7 Å². The van der Waals surface area contributed by atoms with E-state index in [1.807, 2.05) is 68.6 Å². The fourth-order valence-electron chi connectivity index (χ4n) is 3.56. The SMILES string of the molecule is COc1ccc(N2C(=O)C(c3ccc(C)cc3)=C(N(C)c3ccccc3)C2=O)cc1. The van der Waals surface area contributed by atoms with Crippen molar-refractivity contribution in [2.75, 3.05) is 24.0 Å². The first-order chi connectivity index (χ1) is 14.5. The Hall–Kier alpha value is -3.86. The lowest BCUT2D eigenvalue weighted by atomic mass is 10.0. The molecule has 0 atom stereocenters. The van der Waals surface area contributed by atoms with Crippen LogP contribution in [0.3, 0.4) is 0 Å². The number of aryl methyl sites for hydroxylation is 1. The summed E-state index contributed by atoms with van der Waals surface area (Å²) in [4.78, 5) is 30.0. The predicted octanol–water partition coefficient (Wildman–Crippen LogP) is 4.42. The zero-order valence-corrected chi connectivity index (χ0v) is 17.1. The summed E-state index contributed by atoms with van der Waals surface area (Å²) in [6.07, 6.45) is 0. The van der Waals surface area contributed by atoms with E-state index in [4.69, 9.17) is 4.74 Å². The summed E-state index contributed by atoms with van der Waals surface area (Å²) in [7, 11) is 3.38. The van der Waals surface area contributed by atoms with E-state index in [9.17, 15) is 9.59 Å². The lowest BCUT2D eigenvalue weighted by molar-refractivity contribution is -0.120. The van der Waals surface area contributed by atoms with E-state index in [0.717, 1.165) is 11.3 Å². The van der Waals surface area contributed by atoms with Crippen LogP contribution in [-0.4, -0.2) is 26.0 Å². The van der Waals surface area contributed by atoms with Gasteiger partial charge in [0.05, 0.1) is 18.4 Å². The zero-order valence-electron chi connectivity index (χ0n) is 17.1. The Morgan fingerprint density at radius 1 is 0.800 bits per heavy atom. The largest absolute Gasteiger partial charge is 0.497 e. The van der Waals surface area contributed by atoms with E-state index >= 15 is 0 Å². The second-order valence-corrected chi connectivity index (χ2v) is 7.13. The van der Waals surface area contributed by atoms with Gasteiger partial charge in [-0.15, -0.1) is 0 Å². The topological polar surface area (TPSA) is 49.9 Å². The number of amides is 2. The normalized spacial score (nSPS) is 13.8. The molecule has 0 saturated carbocycles. The minimum Gasteiger partial charge on any atom is -0.497 e. The van der Waals surface area contributed by atoms with Gasteiger partial charge in [0.2, 0.25) is 0 Å². The van der Waals surface area contributed by atoms with Gasteiger partial charge in [0.15, 0.2) is 0 Å². The number of rotatable bonds is 5. The molecule has 0 spiro atoms. The van der Waals surface area contributed by atoms with Gasteiger partial charge in [-0.1, -0.05) is 48.0 Å². The molecule has 0 N–H and O–H groups in total. The highest BCUT2D eigenvalue weighted by molar-refractivity contribution is 6.46. The van der Waals surface area contributed by atoms with Gasteiger partial charge in [0, 0.05) is 12.7 Å². The number of ether oxygens (including phenoxy) is 1. The van der Waals surface area contributed by atoms with E-state index in [1.165, 1.54) is 4.90 Å². The number of carbonyl (C=O) groups excluding carboxylic acids is 2. The van der Waals surface area contributed by atoms with Crippen molar-refractivity contribution >= 4 is 28.8 Å². The fraction of sp³-hybridized carbons (Fsp3) is 0.120. The molecule has 0 radical (unpaired) electrons. The number of anilines is 2. The van der Waals surface area contributed by atoms with Crippen molar-refractivity contribution in [3.8, 4) is 5.75 Å². The molecule has 5 nitrogen and oxygen atoms in total. The summed E-state index contributed by atoms with van der Waals surface area (Å²) < 4.78 is 5.20. The Kier molecular flexibility index (Phi) is 5.11. The van der Waals surface area contributed by atoms with Crippen LogP contribution in [0, 0.1) is 6.92 Å². The number of likely N-dealkylation sites (N-methyl/N-ethyl adjacent to an activating group) is 1. The Balaban J connectivity index is 1.84. The van der Waals surface area contributed by atoms with Gasteiger partial charge in [0.1, 0.15) is 11.4 Å². The number of hydrogen-bond donors (Lipinski definition) is 0. The summed E-state index contributed by atoms with van der Waals surface area (Å²) in [5.74, 6) is -0.0370. The van der Waals surface area contributed by atoms with Crippen LogP contribution in [0.25, 0.3) is 5.57 Å². The van der Waals surface area contributed by atoms with Gasteiger partial charge in [0.25, 0.3) is 11.8 Å². The molecule has 0 saturated heterocycles. The smallest absolute Gasteiger partial charge is 0.282 e. The van der Waals surface area contributed by atoms with Crippen LogP contribution in [0.4, 0.5) is 11.4 Å². The maximum atomic E-state index is 13.5. The summed E-state index contributed by atoms with van der Waals surface area (Å²) >= 11 is 0. The maximum Gasteiger partial charge on any atom is 0.282 e. The van der Waals surface area contributed by atoms with Gasteiger partial charge < -0.3 is 9.64 Å². The molecule has 1 heterocycles. The van der Waals surface area contributed by atoms with Crippen molar-refractivity contribution in [1.82, 2.24) is 0 Å². The highest BCUT2D eigenvalue weighted by Crippen LogP contribution is 2.36. The summed E-state index contributed by atoms with van der Waals surface area (Å²) in [6.45, 7) is 1.99. The highest BCUT2D eigenvalue weighted by Gasteiger charge is 2.42. The molecule has 2 amide bonds. The number of benzene rings is 3. The monoisotopic (exact) mass is 398 g/mol. The second kappa shape index (κ2) is 7.87. The molecule has 0 aromatic heterocycles. The van der Waals surface area contributed by atoms with Gasteiger partial charge in [-0.3, -0.25) is 9.59 Å². The van der Waals surface area contributed by atoms with Crippen molar-refractivity contribution in [1.29, 1.82) is 0 Å². The number of para-hydroxylation sites is 1. The zero-order chi connectivity index (χ0) is 21.3. The molecule has 30 heavy (non-hydrogen) atoms. The standard InChI is InChI=1S/C25H22N2O3/c1-17-9-11-18(12-10-17)22-23(26(2)19-7-5-4-6-8-19)25(29)27(24(22)28)20-13-15-21(30-3)16-14-20/h4-16H,1-3H3. The average Bonchev–Trinajstić information content (AvgIpc) is 3.04. The second-order valence-electron chi connectivity index (χ2n) is 7.13. The number of nitrogens with zero attached hydrogens (tertiary/aromatic N) is 2. The molecular weight excluding hydrogens is 376 g/mol. The van der Waals surface area contributed by atoms with Crippen LogP contribution in [0.1, 0.15) is 11.1 Å². The van der Waals surface area contributed by atoms with Gasteiger partial charge in [-0.05, 0) is 48.9 Å². The van der Waals surface area contributed by atoms with E-state index in [2.05, 4.69) is 0 Å². The molecule has 4 rings (SSSR count). The Labute approximate surface area is 175 Å². The van der Waals surface area contributed by atoms with E-state index < -0.39 is 0 Å². The molecule has 150 valence electrons. The summed E-state index contributed by atoms with van der Waals surface area (Å²) in [5, 5.41) is 0. The molecule has 1 aliphatic heterocycles. The minimum atomic E-state index is -0.355. The van der Waals surface area contributed by atoms with Crippen molar-refractivity contribution in [2.24, 2.45) is 0 Å². The maximum absolute atomic E-state index is 13.5. The third-order valence-corrected chi connectivity index (χ3v) is 5.21. The predicted molar refractivity (Wildman–Crippen MR) is 118 cm³/mol. The molecule has 3 aromatic rings. The number of methoxy groups -OCH3 is 1. The Bertz CT molecular complexity index is 1120. The van der Waals surface area contributed by atoms with Crippen LogP contribution < -0.4 is 14.5 Å². The van der Waals surface area contributed by atoms with Crippen molar-refractivity contribution in [2.45, 2.75) is 6.92 Å². The van der Waals surface area contributed by atoms with Crippen LogP contribution >= 0.6 is 0 Å². The van der Waals surface area contributed by atoms with Crippen LogP contribution in [0.15, 0.2) is 84.6 Å². The molecule has 0 fully saturated rings. The lowest BCUT2D eigenvalue weighted by Crippen LogP contribution is -2.34. The molecule has 3 aromatic carbocycles. The summed E-state index contributed by atoms with van der Waals surface area (Å²) in [5.41, 5.74) is 3.88. The van der Waals surface area contributed by atoms with E-state index in [-0.39, 0.29) is 11.8 Å². The Morgan fingerprint density at radius 2 is 1.43 bits per heavy atom. The molecule has 1 aliphatic rings. The van der Waals surface area contributed by atoms with Gasteiger partial charge in [-0.25, -0.2) is 4.90 Å². The van der Waals surface area contributed by atoms with Gasteiger partial charge >= 0.3 is 0 Å². The highest BCUT2D eigenvalue weighted by atomic mass is 16.5. The van der Waals surface area contributed by atoms with Crippen molar-refractivity contribution in [3.63, 3.8) is 0 Å². The first-order valence-electron chi connectivity index (χ1n) is 9.64. The van der Waals surface area contributed by atoms with Gasteiger partial charge in [-0.2, -0.15) is 0 Å². The fourth-order valence-corrected chi connectivity index (χ4v) is 3.56. The molecule has 0 unspecified atom stereocenters. The third kappa shape index (κ3) is 3.35. The number of hydrogen-bond acceptors (Lipinski definition) is 4. The number of imide groups is 1. The number of carbonyl (C=O) groups is 2. The quantitative estimate of drug-likeness (QED) is 0.597. The first kappa shape index (κ1) is 19.5. The molecular formula is C25H22N2O3. The summed E-state index contributed by atoms with van der Waals surface area (Å²) in [6, 6.07) is 24.1. The molecule has 0 aliphatic carbocycles. The minimum absolute atomic E-state index is 0.341.